The summed E-state index contributed by atoms with van der Waals surface area (Å²) in [7, 11) is 1.59. The number of amides is 2. The van der Waals surface area contributed by atoms with Crippen molar-refractivity contribution in [1.82, 2.24) is 0 Å². The Morgan fingerprint density at radius 3 is 2.57 bits per heavy atom. The quantitative estimate of drug-likeness (QED) is 0.834. The van der Waals surface area contributed by atoms with Crippen LogP contribution in [0.3, 0.4) is 0 Å². The van der Waals surface area contributed by atoms with E-state index in [2.05, 4.69) is 21.2 Å². The van der Waals surface area contributed by atoms with E-state index in [1.807, 2.05) is 18.2 Å². The lowest BCUT2D eigenvalue weighted by Gasteiger charge is -2.16. The highest BCUT2D eigenvalue weighted by Gasteiger charge is 2.39. The predicted octanol–water partition coefficient (Wildman–Crippen LogP) is 3.20. The summed E-state index contributed by atoms with van der Waals surface area (Å²) in [5.74, 6) is 0.281. The van der Waals surface area contributed by atoms with Crippen molar-refractivity contribution in [3.05, 3.63) is 53.0 Å². The van der Waals surface area contributed by atoms with E-state index in [1.165, 1.54) is 4.90 Å². The molecule has 118 valence electrons. The SMILES string of the molecule is COc1ccc(NC2CC(=O)N(c3cccc(Br)c3)C2=O)cc1. The number of nitrogens with one attached hydrogen (secondary N) is 1. The Morgan fingerprint density at radius 1 is 1.17 bits per heavy atom. The maximum atomic E-state index is 12.6. The minimum atomic E-state index is -0.560. The zero-order chi connectivity index (χ0) is 16.4. The minimum Gasteiger partial charge on any atom is -0.497 e. The van der Waals surface area contributed by atoms with Gasteiger partial charge in [0, 0.05) is 10.2 Å². The van der Waals surface area contributed by atoms with Crippen molar-refractivity contribution < 1.29 is 14.3 Å². The van der Waals surface area contributed by atoms with Crippen LogP contribution in [-0.4, -0.2) is 25.0 Å². The first-order chi connectivity index (χ1) is 11.1. The van der Waals surface area contributed by atoms with Gasteiger partial charge in [-0.3, -0.25) is 9.59 Å². The van der Waals surface area contributed by atoms with Gasteiger partial charge in [0.1, 0.15) is 11.8 Å². The van der Waals surface area contributed by atoms with Crippen LogP contribution in [0.5, 0.6) is 5.75 Å². The van der Waals surface area contributed by atoms with Crippen LogP contribution in [0.25, 0.3) is 0 Å². The van der Waals surface area contributed by atoms with Crippen molar-refractivity contribution >= 4 is 39.1 Å². The second kappa shape index (κ2) is 6.42. The van der Waals surface area contributed by atoms with Gasteiger partial charge in [-0.15, -0.1) is 0 Å². The van der Waals surface area contributed by atoms with Crippen LogP contribution < -0.4 is 15.0 Å². The first kappa shape index (κ1) is 15.6. The van der Waals surface area contributed by atoms with Gasteiger partial charge in [-0.2, -0.15) is 0 Å². The number of halogens is 1. The summed E-state index contributed by atoms with van der Waals surface area (Å²) < 4.78 is 5.92. The van der Waals surface area contributed by atoms with Gasteiger partial charge in [-0.25, -0.2) is 4.90 Å². The number of ether oxygens (including phenoxy) is 1. The normalized spacial score (nSPS) is 17.5. The second-order valence-corrected chi connectivity index (χ2v) is 6.09. The predicted molar refractivity (Wildman–Crippen MR) is 91.7 cm³/mol. The first-order valence-electron chi connectivity index (χ1n) is 7.11. The Balaban J connectivity index is 1.78. The Bertz CT molecular complexity index is 746. The fourth-order valence-corrected chi connectivity index (χ4v) is 2.91. The molecule has 1 saturated heterocycles. The van der Waals surface area contributed by atoms with Crippen molar-refractivity contribution in [2.24, 2.45) is 0 Å². The van der Waals surface area contributed by atoms with Crippen molar-refractivity contribution in [2.75, 3.05) is 17.3 Å². The second-order valence-electron chi connectivity index (χ2n) is 5.18. The molecule has 2 amide bonds. The summed E-state index contributed by atoms with van der Waals surface area (Å²) in [4.78, 5) is 26.0. The fourth-order valence-electron chi connectivity index (χ4n) is 2.52. The van der Waals surface area contributed by atoms with Gasteiger partial charge in [0.15, 0.2) is 0 Å². The van der Waals surface area contributed by atoms with Crippen molar-refractivity contribution in [1.29, 1.82) is 0 Å². The number of benzene rings is 2. The Kier molecular flexibility index (Phi) is 4.34. The van der Waals surface area contributed by atoms with E-state index in [0.717, 1.165) is 15.9 Å². The maximum absolute atomic E-state index is 12.6. The van der Waals surface area contributed by atoms with E-state index in [0.29, 0.717) is 5.69 Å². The smallest absolute Gasteiger partial charge is 0.256 e. The number of carbonyl (C=O) groups excluding carboxylic acids is 2. The van der Waals surface area contributed by atoms with E-state index in [1.54, 1.807) is 37.4 Å². The molecular weight excluding hydrogens is 360 g/mol. The molecule has 2 aromatic rings. The molecule has 0 aromatic heterocycles. The maximum Gasteiger partial charge on any atom is 0.256 e. The van der Waals surface area contributed by atoms with Gasteiger partial charge in [-0.1, -0.05) is 22.0 Å². The van der Waals surface area contributed by atoms with E-state index < -0.39 is 6.04 Å². The lowest BCUT2D eigenvalue weighted by atomic mass is 10.2. The van der Waals surface area contributed by atoms with Gasteiger partial charge >= 0.3 is 0 Å². The molecule has 0 spiro atoms. The molecule has 2 aromatic carbocycles. The van der Waals surface area contributed by atoms with E-state index in [-0.39, 0.29) is 18.2 Å². The van der Waals surface area contributed by atoms with Crippen LogP contribution in [0.1, 0.15) is 6.42 Å². The number of rotatable bonds is 4. The molecule has 1 aliphatic rings. The average Bonchev–Trinajstić information content (AvgIpc) is 2.82. The minimum absolute atomic E-state index is 0.136. The number of hydrogen-bond acceptors (Lipinski definition) is 4. The van der Waals surface area contributed by atoms with E-state index in [4.69, 9.17) is 4.74 Å². The van der Waals surface area contributed by atoms with Crippen molar-refractivity contribution in [2.45, 2.75) is 12.5 Å². The number of methoxy groups -OCH3 is 1. The molecule has 0 radical (unpaired) electrons. The Labute approximate surface area is 142 Å². The first-order valence-corrected chi connectivity index (χ1v) is 7.91. The lowest BCUT2D eigenvalue weighted by molar-refractivity contribution is -0.121. The standard InChI is InChI=1S/C17H15BrN2O3/c1-23-14-7-5-12(6-8-14)19-15-10-16(21)20(17(15)22)13-4-2-3-11(18)9-13/h2-9,15,19H,10H2,1H3. The van der Waals surface area contributed by atoms with Crippen LogP contribution in [0.4, 0.5) is 11.4 Å². The summed E-state index contributed by atoms with van der Waals surface area (Å²) >= 11 is 3.35. The highest BCUT2D eigenvalue weighted by Crippen LogP contribution is 2.27. The fraction of sp³-hybridized carbons (Fsp3) is 0.176. The molecule has 23 heavy (non-hydrogen) atoms. The molecule has 1 fully saturated rings. The van der Waals surface area contributed by atoms with Crippen molar-refractivity contribution in [3.8, 4) is 5.75 Å². The molecule has 1 aliphatic heterocycles. The molecule has 3 rings (SSSR count). The van der Waals surface area contributed by atoms with Gasteiger partial charge < -0.3 is 10.1 Å². The van der Waals surface area contributed by atoms with Gasteiger partial charge in [0.2, 0.25) is 5.91 Å². The summed E-state index contributed by atoms with van der Waals surface area (Å²) in [6.45, 7) is 0. The van der Waals surface area contributed by atoms with Crippen LogP contribution >= 0.6 is 15.9 Å². The van der Waals surface area contributed by atoms with Crippen LogP contribution in [0.2, 0.25) is 0 Å². The molecular formula is C17H15BrN2O3. The Morgan fingerprint density at radius 2 is 1.91 bits per heavy atom. The third kappa shape index (κ3) is 3.22. The molecule has 1 heterocycles. The van der Waals surface area contributed by atoms with Crippen molar-refractivity contribution in [3.63, 3.8) is 0 Å². The monoisotopic (exact) mass is 374 g/mol. The molecule has 5 nitrogen and oxygen atoms in total. The molecule has 0 bridgehead atoms. The number of hydrogen-bond donors (Lipinski definition) is 1. The number of anilines is 2. The molecule has 1 N–H and O–H groups in total. The van der Waals surface area contributed by atoms with Crippen LogP contribution in [0.15, 0.2) is 53.0 Å². The summed E-state index contributed by atoms with van der Waals surface area (Å²) in [5, 5.41) is 3.11. The largest absolute Gasteiger partial charge is 0.497 e. The topological polar surface area (TPSA) is 58.6 Å². The third-order valence-electron chi connectivity index (χ3n) is 3.64. The number of nitrogens with zero attached hydrogens (tertiary/aromatic N) is 1. The highest BCUT2D eigenvalue weighted by molar-refractivity contribution is 9.10. The molecule has 0 saturated carbocycles. The van der Waals surface area contributed by atoms with Gasteiger partial charge in [-0.05, 0) is 42.5 Å². The highest BCUT2D eigenvalue weighted by atomic mass is 79.9. The molecule has 1 atom stereocenters. The van der Waals surface area contributed by atoms with Gasteiger partial charge in [0.05, 0.1) is 19.2 Å². The lowest BCUT2D eigenvalue weighted by Crippen LogP contribution is -2.34. The molecule has 1 unspecified atom stereocenters. The number of carbonyl (C=O) groups is 2. The van der Waals surface area contributed by atoms with Crippen LogP contribution in [0, 0.1) is 0 Å². The third-order valence-corrected chi connectivity index (χ3v) is 4.14. The summed E-state index contributed by atoms with van der Waals surface area (Å²) in [6.07, 6.45) is 0.136. The van der Waals surface area contributed by atoms with E-state index in [9.17, 15) is 9.59 Å². The van der Waals surface area contributed by atoms with Gasteiger partial charge in [0.25, 0.3) is 5.91 Å². The summed E-state index contributed by atoms with van der Waals surface area (Å²) in [5.41, 5.74) is 1.35. The molecule has 6 heteroatoms. The Hall–Kier alpha value is -2.34. The zero-order valence-corrected chi connectivity index (χ0v) is 14.0. The number of imide groups is 1. The van der Waals surface area contributed by atoms with E-state index >= 15 is 0 Å². The molecule has 0 aliphatic carbocycles. The average molecular weight is 375 g/mol. The summed E-state index contributed by atoms with van der Waals surface area (Å²) in [6, 6.07) is 13.8. The van der Waals surface area contributed by atoms with Crippen LogP contribution in [-0.2, 0) is 9.59 Å². The zero-order valence-electron chi connectivity index (χ0n) is 12.5.